The SMILES string of the molecule is O=C(NC[C@@H]1COc2ccccc2O1)C(=O)Nc1[nH]nc2ncccc12. The van der Waals surface area contributed by atoms with Gasteiger partial charge in [-0.25, -0.2) is 4.98 Å². The van der Waals surface area contributed by atoms with Crippen LogP contribution in [0.2, 0.25) is 0 Å². The molecule has 1 atom stereocenters. The lowest BCUT2D eigenvalue weighted by atomic mass is 10.2. The molecular formula is C17H15N5O4. The van der Waals surface area contributed by atoms with Gasteiger partial charge in [0.25, 0.3) is 0 Å². The largest absolute Gasteiger partial charge is 0.486 e. The monoisotopic (exact) mass is 353 g/mol. The van der Waals surface area contributed by atoms with E-state index in [-0.39, 0.29) is 19.3 Å². The molecule has 1 aliphatic rings. The van der Waals surface area contributed by atoms with E-state index in [1.54, 1.807) is 30.5 Å². The lowest BCUT2D eigenvalue weighted by Crippen LogP contribution is -2.44. The van der Waals surface area contributed by atoms with Crippen LogP contribution in [0.1, 0.15) is 0 Å². The van der Waals surface area contributed by atoms with E-state index < -0.39 is 11.8 Å². The Hall–Kier alpha value is -3.62. The van der Waals surface area contributed by atoms with E-state index in [1.165, 1.54) is 0 Å². The highest BCUT2D eigenvalue weighted by atomic mass is 16.6. The van der Waals surface area contributed by atoms with Crippen molar-refractivity contribution in [3.05, 3.63) is 42.6 Å². The Labute approximate surface area is 147 Å². The number of benzene rings is 1. The van der Waals surface area contributed by atoms with Gasteiger partial charge in [-0.1, -0.05) is 12.1 Å². The maximum absolute atomic E-state index is 12.1. The number of nitrogens with one attached hydrogen (secondary N) is 3. The van der Waals surface area contributed by atoms with Gasteiger partial charge in [0, 0.05) is 6.20 Å². The Balaban J connectivity index is 1.33. The standard InChI is InChI=1S/C17H15N5O4/c23-16(17(24)20-15-11-4-3-7-18-14(11)21-22-15)19-8-10-9-25-12-5-1-2-6-13(12)26-10/h1-7,10H,8-9H2,(H,19,23)(H2,18,20,21,22,24)/t10-/m1/s1. The number of H-pyrrole nitrogens is 1. The normalized spacial score (nSPS) is 15.5. The minimum atomic E-state index is -0.809. The molecule has 9 nitrogen and oxygen atoms in total. The molecule has 4 rings (SSSR count). The Morgan fingerprint density at radius 1 is 1.15 bits per heavy atom. The zero-order chi connectivity index (χ0) is 17.9. The molecule has 3 aromatic rings. The van der Waals surface area contributed by atoms with Gasteiger partial charge in [-0.2, -0.15) is 5.10 Å². The summed E-state index contributed by atoms with van der Waals surface area (Å²) in [7, 11) is 0. The quantitative estimate of drug-likeness (QED) is 0.601. The van der Waals surface area contributed by atoms with E-state index >= 15 is 0 Å². The number of carbonyl (C=O) groups excluding carboxylic acids is 2. The third-order valence-corrected chi connectivity index (χ3v) is 3.83. The first-order valence-electron chi connectivity index (χ1n) is 7.97. The number of fused-ring (bicyclic) bond motifs is 2. The molecule has 2 aromatic heterocycles. The second kappa shape index (κ2) is 6.71. The lowest BCUT2D eigenvalue weighted by molar-refractivity contribution is -0.136. The Morgan fingerprint density at radius 3 is 2.88 bits per heavy atom. The Kier molecular flexibility index (Phi) is 4.10. The average molecular weight is 353 g/mol. The summed E-state index contributed by atoms with van der Waals surface area (Å²) in [5, 5.41) is 12.2. The van der Waals surface area contributed by atoms with Gasteiger partial charge in [0.2, 0.25) is 0 Å². The summed E-state index contributed by atoms with van der Waals surface area (Å²) in [5.41, 5.74) is 0.453. The molecule has 1 aliphatic heterocycles. The van der Waals surface area contributed by atoms with Crippen molar-refractivity contribution >= 4 is 28.7 Å². The third-order valence-electron chi connectivity index (χ3n) is 3.83. The zero-order valence-electron chi connectivity index (χ0n) is 13.6. The third kappa shape index (κ3) is 3.14. The number of hydrogen-bond donors (Lipinski definition) is 3. The maximum atomic E-state index is 12.1. The molecule has 3 N–H and O–H groups in total. The molecule has 26 heavy (non-hydrogen) atoms. The van der Waals surface area contributed by atoms with Crippen molar-refractivity contribution in [3.63, 3.8) is 0 Å². The van der Waals surface area contributed by atoms with Crippen LogP contribution in [0.4, 0.5) is 5.82 Å². The summed E-state index contributed by atoms with van der Waals surface area (Å²) < 4.78 is 11.3. The van der Waals surface area contributed by atoms with Crippen LogP contribution >= 0.6 is 0 Å². The van der Waals surface area contributed by atoms with Gasteiger partial charge >= 0.3 is 11.8 Å². The number of ether oxygens (including phenoxy) is 2. The van der Waals surface area contributed by atoms with Crippen molar-refractivity contribution in [2.75, 3.05) is 18.5 Å². The van der Waals surface area contributed by atoms with Gasteiger partial charge in [0.1, 0.15) is 18.5 Å². The fourth-order valence-electron chi connectivity index (χ4n) is 2.57. The number of amides is 2. The van der Waals surface area contributed by atoms with Gasteiger partial charge in [0.15, 0.2) is 17.1 Å². The number of hydrogen-bond acceptors (Lipinski definition) is 6. The molecular weight excluding hydrogens is 338 g/mol. The van der Waals surface area contributed by atoms with Gasteiger partial charge < -0.3 is 20.1 Å². The fourth-order valence-corrected chi connectivity index (χ4v) is 2.57. The van der Waals surface area contributed by atoms with Gasteiger partial charge in [0.05, 0.1) is 11.9 Å². The number of nitrogens with zero attached hydrogens (tertiary/aromatic N) is 2. The average Bonchev–Trinajstić information content (AvgIpc) is 3.09. The second-order valence-electron chi connectivity index (χ2n) is 5.63. The second-order valence-corrected chi connectivity index (χ2v) is 5.63. The minimum absolute atomic E-state index is 0.145. The topological polar surface area (TPSA) is 118 Å². The Morgan fingerprint density at radius 2 is 2.00 bits per heavy atom. The zero-order valence-corrected chi connectivity index (χ0v) is 13.6. The first-order chi connectivity index (χ1) is 12.7. The molecule has 0 fully saturated rings. The molecule has 0 unspecified atom stereocenters. The van der Waals surface area contributed by atoms with Crippen LogP contribution in [-0.2, 0) is 9.59 Å². The van der Waals surface area contributed by atoms with Crippen LogP contribution in [0, 0.1) is 0 Å². The fraction of sp³-hybridized carbons (Fsp3) is 0.176. The smallest absolute Gasteiger partial charge is 0.314 e. The van der Waals surface area contributed by atoms with Gasteiger partial charge in [-0.3, -0.25) is 14.7 Å². The van der Waals surface area contributed by atoms with Crippen LogP contribution in [0.3, 0.4) is 0 Å². The molecule has 0 aliphatic carbocycles. The number of carbonyl (C=O) groups is 2. The van der Waals surface area contributed by atoms with Crippen molar-refractivity contribution in [1.82, 2.24) is 20.5 Å². The van der Waals surface area contributed by atoms with Crippen molar-refractivity contribution in [2.45, 2.75) is 6.10 Å². The number of anilines is 1. The summed E-state index contributed by atoms with van der Waals surface area (Å²) in [5.74, 6) is 0.00138. The summed E-state index contributed by atoms with van der Waals surface area (Å²) in [6, 6.07) is 10.7. The number of para-hydroxylation sites is 2. The molecule has 0 saturated carbocycles. The van der Waals surface area contributed by atoms with Gasteiger partial charge in [-0.05, 0) is 24.3 Å². The summed E-state index contributed by atoms with van der Waals surface area (Å²) >= 11 is 0. The van der Waals surface area contributed by atoms with Crippen LogP contribution in [0.15, 0.2) is 42.6 Å². The van der Waals surface area contributed by atoms with Crippen molar-refractivity contribution in [2.24, 2.45) is 0 Å². The number of pyridine rings is 1. The number of aromatic nitrogens is 3. The van der Waals surface area contributed by atoms with E-state index in [1.807, 2.05) is 12.1 Å². The van der Waals surface area contributed by atoms with Crippen molar-refractivity contribution < 1.29 is 19.1 Å². The molecule has 0 radical (unpaired) electrons. The minimum Gasteiger partial charge on any atom is -0.486 e. The maximum Gasteiger partial charge on any atom is 0.314 e. The van der Waals surface area contributed by atoms with E-state index in [4.69, 9.17) is 9.47 Å². The molecule has 132 valence electrons. The summed E-state index contributed by atoms with van der Waals surface area (Å²) in [6.45, 7) is 0.432. The molecule has 0 spiro atoms. The van der Waals surface area contributed by atoms with Crippen LogP contribution < -0.4 is 20.1 Å². The number of rotatable bonds is 3. The van der Waals surface area contributed by atoms with Crippen molar-refractivity contribution in [1.29, 1.82) is 0 Å². The lowest BCUT2D eigenvalue weighted by Gasteiger charge is -2.26. The van der Waals surface area contributed by atoms with E-state index in [0.717, 1.165) is 0 Å². The molecule has 0 saturated heterocycles. The van der Waals surface area contributed by atoms with E-state index in [2.05, 4.69) is 25.8 Å². The summed E-state index contributed by atoms with van der Waals surface area (Å²) in [6.07, 6.45) is 1.21. The van der Waals surface area contributed by atoms with Crippen LogP contribution in [0.25, 0.3) is 11.0 Å². The Bertz CT molecular complexity index is 970. The van der Waals surface area contributed by atoms with Gasteiger partial charge in [-0.15, -0.1) is 0 Å². The van der Waals surface area contributed by atoms with Crippen LogP contribution in [-0.4, -0.2) is 46.3 Å². The van der Waals surface area contributed by atoms with E-state index in [9.17, 15) is 9.59 Å². The molecule has 3 heterocycles. The molecule has 1 aromatic carbocycles. The highest BCUT2D eigenvalue weighted by Gasteiger charge is 2.23. The summed E-state index contributed by atoms with van der Waals surface area (Å²) in [4.78, 5) is 28.1. The predicted octanol–water partition coefficient (Wildman–Crippen LogP) is 0.853. The molecule has 2 amide bonds. The predicted molar refractivity (Wildman–Crippen MR) is 91.9 cm³/mol. The number of aromatic amines is 1. The molecule has 9 heteroatoms. The first kappa shape index (κ1) is 15.9. The van der Waals surface area contributed by atoms with Crippen molar-refractivity contribution in [3.8, 4) is 11.5 Å². The first-order valence-corrected chi connectivity index (χ1v) is 7.97. The van der Waals surface area contributed by atoms with Crippen LogP contribution in [0.5, 0.6) is 11.5 Å². The van der Waals surface area contributed by atoms with E-state index in [0.29, 0.717) is 28.4 Å². The highest BCUT2D eigenvalue weighted by Crippen LogP contribution is 2.30. The highest BCUT2D eigenvalue weighted by molar-refractivity contribution is 6.40. The molecule has 0 bridgehead atoms.